The van der Waals surface area contributed by atoms with E-state index in [-0.39, 0.29) is 29.9 Å². The molecule has 1 aliphatic carbocycles. The summed E-state index contributed by atoms with van der Waals surface area (Å²) in [5.41, 5.74) is 5.50. The van der Waals surface area contributed by atoms with Crippen LogP contribution in [0.25, 0.3) is 0 Å². The molecule has 1 saturated carbocycles. The number of amides is 2. The molecule has 7 nitrogen and oxygen atoms in total. The van der Waals surface area contributed by atoms with Crippen LogP contribution >= 0.6 is 0 Å². The molecule has 142 valence electrons. The van der Waals surface area contributed by atoms with Crippen molar-refractivity contribution in [1.29, 1.82) is 0 Å². The third kappa shape index (κ3) is 5.70. The van der Waals surface area contributed by atoms with Gasteiger partial charge in [0, 0.05) is 25.8 Å². The SMILES string of the molecule is CC(=O)NC(CCCCN)C(=O)NC1CCC2C(C)CC(=O)OC2C1. The first kappa shape index (κ1) is 19.7. The Bertz CT molecular complexity index is 497. The van der Waals surface area contributed by atoms with Crippen molar-refractivity contribution in [3.63, 3.8) is 0 Å². The van der Waals surface area contributed by atoms with Crippen LogP contribution < -0.4 is 16.4 Å². The number of carbonyl (C=O) groups is 3. The molecule has 0 bridgehead atoms. The Hall–Kier alpha value is -1.63. The average molecular weight is 353 g/mol. The molecule has 2 rings (SSSR count). The van der Waals surface area contributed by atoms with E-state index < -0.39 is 6.04 Å². The lowest BCUT2D eigenvalue weighted by atomic mass is 9.74. The number of unbranched alkanes of at least 4 members (excludes halogenated alkanes) is 1. The Morgan fingerprint density at radius 3 is 2.76 bits per heavy atom. The molecule has 7 heteroatoms. The molecule has 2 fully saturated rings. The fourth-order valence-electron chi connectivity index (χ4n) is 4.01. The smallest absolute Gasteiger partial charge is 0.306 e. The van der Waals surface area contributed by atoms with Gasteiger partial charge >= 0.3 is 5.97 Å². The summed E-state index contributed by atoms with van der Waals surface area (Å²) in [6.45, 7) is 4.09. The van der Waals surface area contributed by atoms with Gasteiger partial charge in [0.2, 0.25) is 11.8 Å². The molecule has 1 aliphatic heterocycles. The van der Waals surface area contributed by atoms with Crippen LogP contribution in [-0.2, 0) is 19.1 Å². The number of nitrogens with two attached hydrogens (primary N) is 1. The molecular formula is C18H31N3O4. The van der Waals surface area contributed by atoms with Crippen molar-refractivity contribution >= 4 is 17.8 Å². The van der Waals surface area contributed by atoms with Crippen LogP contribution in [0.3, 0.4) is 0 Å². The molecule has 5 unspecified atom stereocenters. The quantitative estimate of drug-likeness (QED) is 0.464. The molecule has 2 amide bonds. The van der Waals surface area contributed by atoms with Crippen molar-refractivity contribution in [3.8, 4) is 0 Å². The first-order valence-corrected chi connectivity index (χ1v) is 9.37. The second-order valence-electron chi connectivity index (χ2n) is 7.43. The monoisotopic (exact) mass is 353 g/mol. The van der Waals surface area contributed by atoms with E-state index >= 15 is 0 Å². The van der Waals surface area contributed by atoms with Gasteiger partial charge in [-0.25, -0.2) is 0 Å². The zero-order valence-corrected chi connectivity index (χ0v) is 15.3. The van der Waals surface area contributed by atoms with E-state index in [4.69, 9.17) is 10.5 Å². The van der Waals surface area contributed by atoms with Crippen LogP contribution in [0.1, 0.15) is 58.8 Å². The lowest BCUT2D eigenvalue weighted by Crippen LogP contribution is -2.53. The van der Waals surface area contributed by atoms with Gasteiger partial charge in [0.15, 0.2) is 0 Å². The summed E-state index contributed by atoms with van der Waals surface area (Å²) >= 11 is 0. The predicted molar refractivity (Wildman–Crippen MR) is 93.4 cm³/mol. The molecule has 0 aromatic carbocycles. The summed E-state index contributed by atoms with van der Waals surface area (Å²) in [5, 5.41) is 5.76. The highest BCUT2D eigenvalue weighted by molar-refractivity contribution is 5.87. The Morgan fingerprint density at radius 1 is 1.32 bits per heavy atom. The van der Waals surface area contributed by atoms with E-state index in [9.17, 15) is 14.4 Å². The van der Waals surface area contributed by atoms with E-state index in [0.29, 0.717) is 37.6 Å². The van der Waals surface area contributed by atoms with Crippen LogP contribution in [0.5, 0.6) is 0 Å². The minimum absolute atomic E-state index is 0.0161. The van der Waals surface area contributed by atoms with Crippen molar-refractivity contribution in [3.05, 3.63) is 0 Å². The maximum atomic E-state index is 12.6. The number of nitrogens with one attached hydrogen (secondary N) is 2. The molecule has 5 atom stereocenters. The molecule has 0 aromatic heterocycles. The van der Waals surface area contributed by atoms with E-state index in [1.54, 1.807) is 0 Å². The lowest BCUT2D eigenvalue weighted by molar-refractivity contribution is -0.166. The van der Waals surface area contributed by atoms with Crippen LogP contribution in [0.15, 0.2) is 0 Å². The van der Waals surface area contributed by atoms with Crippen molar-refractivity contribution in [2.75, 3.05) is 6.54 Å². The van der Waals surface area contributed by atoms with Gasteiger partial charge < -0.3 is 21.1 Å². The normalized spacial score (nSPS) is 30.0. The fraction of sp³-hybridized carbons (Fsp3) is 0.833. The zero-order valence-electron chi connectivity index (χ0n) is 15.3. The van der Waals surface area contributed by atoms with Crippen molar-refractivity contribution in [1.82, 2.24) is 10.6 Å². The third-order valence-electron chi connectivity index (χ3n) is 5.33. The second-order valence-corrected chi connectivity index (χ2v) is 7.43. The largest absolute Gasteiger partial charge is 0.462 e. The molecule has 2 aliphatic rings. The van der Waals surface area contributed by atoms with Crippen LogP contribution in [0.4, 0.5) is 0 Å². The lowest BCUT2D eigenvalue weighted by Gasteiger charge is -2.42. The molecular weight excluding hydrogens is 322 g/mol. The van der Waals surface area contributed by atoms with Gasteiger partial charge in [-0.2, -0.15) is 0 Å². The summed E-state index contributed by atoms with van der Waals surface area (Å²) in [6.07, 6.45) is 5.06. The van der Waals surface area contributed by atoms with Gasteiger partial charge in [-0.3, -0.25) is 14.4 Å². The highest BCUT2D eigenvalue weighted by Crippen LogP contribution is 2.37. The van der Waals surface area contributed by atoms with Crippen LogP contribution in [-0.4, -0.2) is 42.5 Å². The van der Waals surface area contributed by atoms with Crippen molar-refractivity contribution in [2.24, 2.45) is 17.6 Å². The van der Waals surface area contributed by atoms with Gasteiger partial charge in [0.25, 0.3) is 0 Å². The number of carbonyl (C=O) groups excluding carboxylic acids is 3. The predicted octanol–water partition coefficient (Wildman–Crippen LogP) is 0.857. The van der Waals surface area contributed by atoms with E-state index in [2.05, 4.69) is 17.6 Å². The first-order chi connectivity index (χ1) is 11.9. The van der Waals surface area contributed by atoms with E-state index in [0.717, 1.165) is 25.7 Å². The summed E-state index contributed by atoms with van der Waals surface area (Å²) in [5.74, 6) is 0.212. The Balaban J connectivity index is 1.89. The molecule has 1 heterocycles. The Kier molecular flexibility index (Phi) is 7.23. The Morgan fingerprint density at radius 2 is 2.08 bits per heavy atom. The highest BCUT2D eigenvalue weighted by atomic mass is 16.5. The fourth-order valence-corrected chi connectivity index (χ4v) is 4.01. The number of esters is 1. The van der Waals surface area contributed by atoms with E-state index in [1.807, 2.05) is 0 Å². The minimum atomic E-state index is -0.533. The maximum Gasteiger partial charge on any atom is 0.306 e. The summed E-state index contributed by atoms with van der Waals surface area (Å²) in [6, 6.07) is -0.549. The molecule has 25 heavy (non-hydrogen) atoms. The summed E-state index contributed by atoms with van der Waals surface area (Å²) in [4.78, 5) is 35.6. The summed E-state index contributed by atoms with van der Waals surface area (Å²) in [7, 11) is 0. The zero-order chi connectivity index (χ0) is 18.4. The molecule has 4 N–H and O–H groups in total. The van der Waals surface area contributed by atoms with Crippen molar-refractivity contribution in [2.45, 2.75) is 77.0 Å². The second kappa shape index (κ2) is 9.17. The van der Waals surface area contributed by atoms with Crippen LogP contribution in [0, 0.1) is 11.8 Å². The molecule has 1 saturated heterocycles. The average Bonchev–Trinajstić information content (AvgIpc) is 2.53. The van der Waals surface area contributed by atoms with Gasteiger partial charge in [0.1, 0.15) is 12.1 Å². The van der Waals surface area contributed by atoms with Crippen molar-refractivity contribution < 1.29 is 19.1 Å². The number of fused-ring (bicyclic) bond motifs is 1. The number of hydrogen-bond acceptors (Lipinski definition) is 5. The van der Waals surface area contributed by atoms with Gasteiger partial charge in [-0.05, 0) is 50.5 Å². The first-order valence-electron chi connectivity index (χ1n) is 9.37. The van der Waals surface area contributed by atoms with Gasteiger partial charge in [-0.1, -0.05) is 6.92 Å². The number of rotatable bonds is 7. The van der Waals surface area contributed by atoms with Gasteiger partial charge in [-0.15, -0.1) is 0 Å². The standard InChI is InChI=1S/C18H31N3O4/c1-11-9-17(23)25-16-10-13(6-7-14(11)16)21-18(24)15(20-12(2)22)5-3-4-8-19/h11,13-16H,3-10,19H2,1-2H3,(H,20,22)(H,21,24). The molecule has 0 spiro atoms. The van der Waals surface area contributed by atoms with Crippen LogP contribution in [0.2, 0.25) is 0 Å². The summed E-state index contributed by atoms with van der Waals surface area (Å²) < 4.78 is 5.50. The topological polar surface area (TPSA) is 111 Å². The Labute approximate surface area is 149 Å². The third-order valence-corrected chi connectivity index (χ3v) is 5.33. The maximum absolute atomic E-state index is 12.6. The highest BCUT2D eigenvalue weighted by Gasteiger charge is 2.41. The minimum Gasteiger partial charge on any atom is -0.462 e. The number of ether oxygens (including phenoxy) is 1. The van der Waals surface area contributed by atoms with Gasteiger partial charge in [0.05, 0.1) is 0 Å². The molecule has 0 radical (unpaired) electrons. The number of hydrogen-bond donors (Lipinski definition) is 3. The van der Waals surface area contributed by atoms with E-state index in [1.165, 1.54) is 6.92 Å². The molecule has 0 aromatic rings.